The molecular weight excluding hydrogens is 390 g/mol. The molecule has 0 radical (unpaired) electrons. The maximum absolute atomic E-state index is 13.2. The third-order valence-electron chi connectivity index (χ3n) is 5.32. The van der Waals surface area contributed by atoms with Crippen LogP contribution < -0.4 is 10.5 Å². The average molecular weight is 414 g/mol. The lowest BCUT2D eigenvalue weighted by atomic mass is 10.0. The second-order valence-corrected chi connectivity index (χ2v) is 7.68. The van der Waals surface area contributed by atoms with Crippen LogP contribution >= 0.6 is 0 Å². The van der Waals surface area contributed by atoms with Crippen LogP contribution in [0, 0.1) is 0 Å². The lowest BCUT2D eigenvalue weighted by Gasteiger charge is -2.32. The van der Waals surface area contributed by atoms with Crippen molar-refractivity contribution >= 4 is 16.7 Å². The quantitative estimate of drug-likeness (QED) is 0.644. The summed E-state index contributed by atoms with van der Waals surface area (Å²) in [5, 5.41) is 12.2. The van der Waals surface area contributed by atoms with E-state index in [2.05, 4.69) is 9.97 Å². The molecule has 1 fully saturated rings. The Labute approximate surface area is 173 Å². The number of hydrogen-bond donors (Lipinski definition) is 2. The molecule has 0 aliphatic carbocycles. The number of rotatable bonds is 6. The number of nitrogens with zero attached hydrogens (tertiary/aromatic N) is 3. The van der Waals surface area contributed by atoms with Crippen molar-refractivity contribution in [2.24, 2.45) is 0 Å². The number of benzene rings is 2. The Kier molecular flexibility index (Phi) is 5.78. The molecule has 1 atom stereocenters. The summed E-state index contributed by atoms with van der Waals surface area (Å²) < 4.78 is 32.2. The second kappa shape index (κ2) is 8.49. The van der Waals surface area contributed by atoms with Crippen LogP contribution in [0.5, 0.6) is 5.75 Å². The molecule has 0 spiro atoms. The molecule has 1 unspecified atom stereocenters. The van der Waals surface area contributed by atoms with E-state index in [4.69, 9.17) is 10.5 Å². The molecule has 30 heavy (non-hydrogen) atoms. The minimum atomic E-state index is -2.58. The highest BCUT2D eigenvalue weighted by atomic mass is 19.3. The molecule has 6 nitrogen and oxygen atoms in total. The van der Waals surface area contributed by atoms with Gasteiger partial charge < -0.3 is 20.5 Å². The number of aliphatic hydroxyl groups is 1. The largest absolute Gasteiger partial charge is 0.491 e. The van der Waals surface area contributed by atoms with Gasteiger partial charge in [-0.2, -0.15) is 0 Å². The summed E-state index contributed by atoms with van der Waals surface area (Å²) in [4.78, 5) is 9.90. The molecule has 1 saturated heterocycles. The molecule has 1 aromatic heterocycles. The number of anilines is 1. The average Bonchev–Trinajstić information content (AvgIpc) is 2.74. The zero-order valence-electron chi connectivity index (χ0n) is 16.5. The Bertz CT molecular complexity index is 1000. The van der Waals surface area contributed by atoms with Gasteiger partial charge in [0.25, 0.3) is 5.92 Å². The van der Waals surface area contributed by atoms with Crippen LogP contribution in [0.3, 0.4) is 0 Å². The Morgan fingerprint density at radius 2 is 1.70 bits per heavy atom. The number of β-amino-alcohol motifs (C(OH)–C–C–N with tert-alkyl or cyclic N) is 1. The molecule has 2 aromatic carbocycles. The molecule has 3 aromatic rings. The van der Waals surface area contributed by atoms with Gasteiger partial charge in [0.05, 0.1) is 0 Å². The van der Waals surface area contributed by atoms with Crippen molar-refractivity contribution in [2.75, 3.05) is 32.0 Å². The fourth-order valence-corrected chi connectivity index (χ4v) is 3.59. The number of aromatic nitrogens is 2. The minimum absolute atomic E-state index is 0.110. The van der Waals surface area contributed by atoms with Gasteiger partial charge in [-0.25, -0.2) is 18.7 Å². The normalized spacial score (nSPS) is 17.7. The third-order valence-corrected chi connectivity index (χ3v) is 5.32. The number of aliphatic hydroxyl groups excluding tert-OH is 1. The van der Waals surface area contributed by atoms with Gasteiger partial charge in [-0.05, 0) is 34.5 Å². The van der Waals surface area contributed by atoms with Crippen LogP contribution in [-0.4, -0.2) is 58.2 Å². The fraction of sp³-hybridized carbons (Fsp3) is 0.364. The number of hydrogen-bond acceptors (Lipinski definition) is 6. The molecule has 0 bridgehead atoms. The van der Waals surface area contributed by atoms with E-state index in [0.717, 1.165) is 21.9 Å². The van der Waals surface area contributed by atoms with Gasteiger partial charge in [-0.15, -0.1) is 0 Å². The van der Waals surface area contributed by atoms with Gasteiger partial charge in [0.15, 0.2) is 0 Å². The van der Waals surface area contributed by atoms with Crippen LogP contribution in [0.15, 0.2) is 48.8 Å². The van der Waals surface area contributed by atoms with Crippen LogP contribution in [0.2, 0.25) is 0 Å². The van der Waals surface area contributed by atoms with Gasteiger partial charge in [-0.3, -0.25) is 0 Å². The topological polar surface area (TPSA) is 84.5 Å². The van der Waals surface area contributed by atoms with Gasteiger partial charge in [0, 0.05) is 50.4 Å². The Morgan fingerprint density at radius 1 is 1.03 bits per heavy atom. The maximum Gasteiger partial charge on any atom is 0.250 e. The molecule has 1 aliphatic rings. The number of halogens is 2. The van der Waals surface area contributed by atoms with Gasteiger partial charge in [0.1, 0.15) is 18.5 Å². The Balaban J connectivity index is 1.35. The van der Waals surface area contributed by atoms with E-state index in [1.807, 2.05) is 41.3 Å². The summed E-state index contributed by atoms with van der Waals surface area (Å²) in [5.74, 6) is -1.69. The lowest BCUT2D eigenvalue weighted by molar-refractivity contribution is -0.0628. The number of fused-ring (bicyclic) bond motifs is 1. The van der Waals surface area contributed by atoms with E-state index >= 15 is 0 Å². The molecular formula is C22H24F2N4O2. The summed E-state index contributed by atoms with van der Waals surface area (Å²) in [5.41, 5.74) is 7.40. The van der Waals surface area contributed by atoms with E-state index in [-0.39, 0.29) is 25.4 Å². The first-order valence-electron chi connectivity index (χ1n) is 9.91. The van der Waals surface area contributed by atoms with E-state index in [1.54, 1.807) is 12.4 Å². The van der Waals surface area contributed by atoms with Gasteiger partial charge in [0.2, 0.25) is 5.95 Å². The number of nitrogen functional groups attached to an aromatic ring is 1. The standard InChI is InChI=1S/C22H24F2N4O2/c23-22(24)5-7-28(8-6-22)13-19(29)14-30-20-4-3-15-9-16(1-2-17(15)10-20)18-11-26-21(25)27-12-18/h1-4,9-12,19,29H,5-8,13-14H2,(H2,25,26,27). The SMILES string of the molecule is Nc1ncc(-c2ccc3cc(OCC(O)CN4CCC(F)(F)CC4)ccc3c2)cn1. The van der Waals surface area contributed by atoms with E-state index in [1.165, 1.54) is 0 Å². The molecule has 158 valence electrons. The maximum atomic E-state index is 13.2. The Morgan fingerprint density at radius 3 is 2.43 bits per heavy atom. The minimum Gasteiger partial charge on any atom is -0.491 e. The number of alkyl halides is 2. The highest BCUT2D eigenvalue weighted by Crippen LogP contribution is 2.28. The lowest BCUT2D eigenvalue weighted by Crippen LogP contribution is -2.44. The number of ether oxygens (including phenoxy) is 1. The summed E-state index contributed by atoms with van der Waals surface area (Å²) in [7, 11) is 0. The zero-order valence-corrected chi connectivity index (χ0v) is 16.5. The first-order valence-corrected chi connectivity index (χ1v) is 9.91. The molecule has 2 heterocycles. The van der Waals surface area contributed by atoms with Crippen LogP contribution in [0.25, 0.3) is 21.9 Å². The monoisotopic (exact) mass is 414 g/mol. The third kappa shape index (κ3) is 5.01. The molecule has 0 saturated carbocycles. The van der Waals surface area contributed by atoms with E-state index in [0.29, 0.717) is 25.4 Å². The Hall–Kier alpha value is -2.84. The van der Waals surface area contributed by atoms with Crippen LogP contribution in [-0.2, 0) is 0 Å². The number of piperidine rings is 1. The highest BCUT2D eigenvalue weighted by Gasteiger charge is 2.34. The van der Waals surface area contributed by atoms with Crippen LogP contribution in [0.4, 0.5) is 14.7 Å². The second-order valence-electron chi connectivity index (χ2n) is 7.68. The van der Waals surface area contributed by atoms with Crippen molar-refractivity contribution in [1.29, 1.82) is 0 Å². The summed E-state index contributed by atoms with van der Waals surface area (Å²) >= 11 is 0. The van der Waals surface area contributed by atoms with E-state index < -0.39 is 12.0 Å². The summed E-state index contributed by atoms with van der Waals surface area (Å²) in [6, 6.07) is 11.7. The molecule has 4 rings (SSSR count). The van der Waals surface area contributed by atoms with Crippen molar-refractivity contribution < 1.29 is 18.6 Å². The van der Waals surface area contributed by atoms with Crippen molar-refractivity contribution in [3.05, 3.63) is 48.8 Å². The first-order chi connectivity index (χ1) is 14.4. The van der Waals surface area contributed by atoms with Crippen molar-refractivity contribution in [3.63, 3.8) is 0 Å². The van der Waals surface area contributed by atoms with Crippen molar-refractivity contribution in [1.82, 2.24) is 14.9 Å². The number of likely N-dealkylation sites (tertiary alicyclic amines) is 1. The predicted molar refractivity (Wildman–Crippen MR) is 112 cm³/mol. The zero-order chi connectivity index (χ0) is 21.1. The van der Waals surface area contributed by atoms with Crippen molar-refractivity contribution in [2.45, 2.75) is 24.9 Å². The molecule has 3 N–H and O–H groups in total. The predicted octanol–water partition coefficient (Wildman–Crippen LogP) is 3.35. The molecule has 8 heteroatoms. The smallest absolute Gasteiger partial charge is 0.250 e. The summed E-state index contributed by atoms with van der Waals surface area (Å²) in [6.45, 7) is 1.03. The fourth-order valence-electron chi connectivity index (χ4n) is 3.59. The summed E-state index contributed by atoms with van der Waals surface area (Å²) in [6.07, 6.45) is 2.32. The highest BCUT2D eigenvalue weighted by molar-refractivity contribution is 5.88. The van der Waals surface area contributed by atoms with Crippen molar-refractivity contribution in [3.8, 4) is 16.9 Å². The number of nitrogens with two attached hydrogens (primary N) is 1. The van der Waals surface area contributed by atoms with Gasteiger partial charge >= 0.3 is 0 Å². The van der Waals surface area contributed by atoms with E-state index in [9.17, 15) is 13.9 Å². The molecule has 0 amide bonds. The first kappa shape index (κ1) is 20.4. The van der Waals surface area contributed by atoms with Gasteiger partial charge in [-0.1, -0.05) is 18.2 Å². The van der Waals surface area contributed by atoms with Crippen LogP contribution in [0.1, 0.15) is 12.8 Å². The molecule has 1 aliphatic heterocycles.